The van der Waals surface area contributed by atoms with E-state index in [1.807, 2.05) is 6.92 Å². The molecule has 14 heavy (non-hydrogen) atoms. The zero-order valence-electron chi connectivity index (χ0n) is 9.15. The summed E-state index contributed by atoms with van der Waals surface area (Å²) in [6.45, 7) is 2.34. The van der Waals surface area contributed by atoms with Crippen LogP contribution in [-0.2, 0) is 18.4 Å². The van der Waals surface area contributed by atoms with Crippen LogP contribution in [0, 0.1) is 0 Å². The van der Waals surface area contributed by atoms with Crippen molar-refractivity contribution >= 4 is 24.4 Å². The molecule has 0 saturated carbocycles. The van der Waals surface area contributed by atoms with Gasteiger partial charge in [-0.05, 0) is 6.92 Å². The van der Waals surface area contributed by atoms with E-state index in [0.29, 0.717) is 6.61 Å². The molecule has 0 aliphatic rings. The quantitative estimate of drug-likeness (QED) is 0.654. The third-order valence-corrected chi connectivity index (χ3v) is 2.28. The molecule has 7 heteroatoms. The first-order valence-corrected chi connectivity index (χ1v) is 5.01. The average Bonchev–Trinajstić information content (AvgIpc) is 2.11. The van der Waals surface area contributed by atoms with Crippen LogP contribution in [-0.4, -0.2) is 45.2 Å². The molecule has 2 unspecified atom stereocenters. The topological polar surface area (TPSA) is 48.0 Å². The summed E-state index contributed by atoms with van der Waals surface area (Å²) < 4.78 is 15.0. The number of carbonyl (C=O) groups excluding carboxylic acids is 1. The summed E-state index contributed by atoms with van der Waals surface area (Å²) in [6, 6.07) is 0. The van der Waals surface area contributed by atoms with Gasteiger partial charge in [0, 0.05) is 21.2 Å². The molecule has 1 amide bonds. The maximum absolute atomic E-state index is 11.1. The van der Waals surface area contributed by atoms with Crippen molar-refractivity contribution in [2.45, 2.75) is 6.92 Å². The van der Waals surface area contributed by atoms with Crippen LogP contribution in [0.3, 0.4) is 0 Å². The first-order chi connectivity index (χ1) is 6.11. The summed E-state index contributed by atoms with van der Waals surface area (Å²) in [6.07, 6.45) is 0. The van der Waals surface area contributed by atoms with Gasteiger partial charge in [0.25, 0.3) is 0 Å². The molecule has 5 nitrogen and oxygen atoms in total. The zero-order chi connectivity index (χ0) is 10.3. The monoisotopic (exact) mass is 243 g/mol. The average molecular weight is 243 g/mol. The number of hydrogen-bond donors (Lipinski definition) is 0. The van der Waals surface area contributed by atoms with Crippen LogP contribution in [0.25, 0.3) is 0 Å². The number of hydrogen-bond acceptors (Lipinski definition) is 4. The van der Waals surface area contributed by atoms with E-state index in [4.69, 9.17) is 13.6 Å². The first-order valence-electron chi connectivity index (χ1n) is 3.92. The lowest BCUT2D eigenvalue weighted by Crippen LogP contribution is -2.25. The molecule has 0 spiro atoms. The van der Waals surface area contributed by atoms with Gasteiger partial charge in [0.1, 0.15) is 6.61 Å². The van der Waals surface area contributed by atoms with Gasteiger partial charge < -0.3 is 18.5 Å². The van der Waals surface area contributed by atoms with E-state index in [-0.39, 0.29) is 22.4 Å². The van der Waals surface area contributed by atoms with Crippen molar-refractivity contribution in [2.24, 2.45) is 0 Å². The molecule has 0 saturated heterocycles. The fraction of sp³-hybridized carbons (Fsp3) is 0.857. The maximum Gasteiger partial charge on any atom is 0.332 e. The summed E-state index contributed by atoms with van der Waals surface area (Å²) >= 11 is 0. The molecule has 0 aromatic heterocycles. The molecule has 0 rings (SSSR count). The normalized spacial score (nSPS) is 11.7. The smallest absolute Gasteiger partial charge is 0.332 e. The van der Waals surface area contributed by atoms with Crippen molar-refractivity contribution < 1.29 is 18.4 Å². The first kappa shape index (κ1) is 16.6. The van der Waals surface area contributed by atoms with E-state index >= 15 is 0 Å². The van der Waals surface area contributed by atoms with Crippen molar-refractivity contribution in [3.63, 3.8) is 0 Å². The predicted molar refractivity (Wildman–Crippen MR) is 61.3 cm³/mol. The van der Waals surface area contributed by atoms with Crippen molar-refractivity contribution in [2.75, 3.05) is 34.4 Å². The van der Waals surface area contributed by atoms with Gasteiger partial charge in [-0.1, -0.05) is 0 Å². The molecule has 86 valence electrons. The molecule has 0 heterocycles. The summed E-state index contributed by atoms with van der Waals surface area (Å²) in [5.74, 6) is -0.107. The Kier molecular flexibility index (Phi) is 11.6. The van der Waals surface area contributed by atoms with Crippen molar-refractivity contribution in [3.8, 4) is 0 Å². The van der Waals surface area contributed by atoms with Gasteiger partial charge in [-0.15, -0.1) is 0 Å². The third kappa shape index (κ3) is 7.60. The SMILES string of the molecule is CCOP(OC)OCC(=O)N(C)C.P. The Morgan fingerprint density at radius 2 is 1.93 bits per heavy atom. The highest BCUT2D eigenvalue weighted by Gasteiger charge is 2.12. The van der Waals surface area contributed by atoms with Crippen LogP contribution in [0.4, 0.5) is 0 Å². The van der Waals surface area contributed by atoms with Crippen LogP contribution in [0.2, 0.25) is 0 Å². The second kappa shape index (κ2) is 9.75. The van der Waals surface area contributed by atoms with Gasteiger partial charge in [0.2, 0.25) is 5.91 Å². The molecule has 0 aromatic carbocycles. The van der Waals surface area contributed by atoms with Crippen molar-refractivity contribution in [1.29, 1.82) is 0 Å². The van der Waals surface area contributed by atoms with E-state index in [0.717, 1.165) is 0 Å². The molecule has 0 N–H and O–H groups in total. The molecule has 0 aliphatic carbocycles. The van der Waals surface area contributed by atoms with Crippen molar-refractivity contribution in [1.82, 2.24) is 4.90 Å². The van der Waals surface area contributed by atoms with E-state index in [1.165, 1.54) is 12.0 Å². The Balaban J connectivity index is 0. The Hall–Kier alpha value is 0.210. The Morgan fingerprint density at radius 1 is 1.36 bits per heavy atom. The Morgan fingerprint density at radius 3 is 2.29 bits per heavy atom. The van der Waals surface area contributed by atoms with E-state index < -0.39 is 8.60 Å². The molecular weight excluding hydrogens is 224 g/mol. The predicted octanol–water partition coefficient (Wildman–Crippen LogP) is 1.06. The Labute approximate surface area is 89.7 Å². The molecule has 0 bridgehead atoms. The summed E-state index contributed by atoms with van der Waals surface area (Å²) in [7, 11) is 3.46. The highest BCUT2D eigenvalue weighted by atomic mass is 31.2. The lowest BCUT2D eigenvalue weighted by atomic mass is 10.6. The molecule has 2 atom stereocenters. The number of amides is 1. The van der Waals surface area contributed by atoms with Gasteiger partial charge in [0.15, 0.2) is 0 Å². The van der Waals surface area contributed by atoms with Gasteiger partial charge in [-0.2, -0.15) is 9.90 Å². The summed E-state index contributed by atoms with van der Waals surface area (Å²) in [4.78, 5) is 12.5. The highest BCUT2D eigenvalue weighted by Crippen LogP contribution is 2.37. The minimum Gasteiger partial charge on any atom is -0.347 e. The van der Waals surface area contributed by atoms with Crippen LogP contribution >= 0.6 is 18.5 Å². The second-order valence-electron chi connectivity index (χ2n) is 2.39. The lowest BCUT2D eigenvalue weighted by Gasteiger charge is -2.14. The fourth-order valence-corrected chi connectivity index (χ4v) is 1.20. The molecular formula is C7H19NO4P2. The summed E-state index contributed by atoms with van der Waals surface area (Å²) in [5.41, 5.74) is 0. The highest BCUT2D eigenvalue weighted by molar-refractivity contribution is 7.41. The van der Waals surface area contributed by atoms with Gasteiger partial charge in [0.05, 0.1) is 6.61 Å². The number of carbonyl (C=O) groups is 1. The molecule has 0 aliphatic heterocycles. The number of rotatable bonds is 6. The minimum atomic E-state index is -1.36. The lowest BCUT2D eigenvalue weighted by molar-refractivity contribution is -0.131. The molecule has 0 radical (unpaired) electrons. The third-order valence-electron chi connectivity index (χ3n) is 1.18. The molecule has 0 fully saturated rings. The Bertz CT molecular complexity index is 157. The second-order valence-corrected chi connectivity index (χ2v) is 3.71. The van der Waals surface area contributed by atoms with E-state index in [1.54, 1.807) is 14.1 Å². The van der Waals surface area contributed by atoms with Gasteiger partial charge in [-0.25, -0.2) is 0 Å². The zero-order valence-corrected chi connectivity index (χ0v) is 11.5. The van der Waals surface area contributed by atoms with Crippen LogP contribution in [0.5, 0.6) is 0 Å². The number of nitrogens with zero attached hydrogens (tertiary/aromatic N) is 1. The standard InChI is InChI=1S/C7H16NO4P.H3P/c1-5-11-13(10-4)12-6-7(9)8(2)3;/h5-6H2,1-4H3;1H3. The fourth-order valence-electron chi connectivity index (χ4n) is 0.485. The maximum atomic E-state index is 11.1. The largest absolute Gasteiger partial charge is 0.347 e. The van der Waals surface area contributed by atoms with Crippen molar-refractivity contribution in [3.05, 3.63) is 0 Å². The minimum absolute atomic E-state index is 0. The number of likely N-dealkylation sites (N-methyl/N-ethyl adjacent to an activating group) is 1. The summed E-state index contributed by atoms with van der Waals surface area (Å²) in [5, 5.41) is 0. The van der Waals surface area contributed by atoms with E-state index in [2.05, 4.69) is 0 Å². The van der Waals surface area contributed by atoms with Crippen LogP contribution < -0.4 is 0 Å². The van der Waals surface area contributed by atoms with Gasteiger partial charge >= 0.3 is 8.60 Å². The van der Waals surface area contributed by atoms with Crippen LogP contribution in [0.1, 0.15) is 6.92 Å². The van der Waals surface area contributed by atoms with Gasteiger partial charge in [-0.3, -0.25) is 4.79 Å². The molecule has 0 aromatic rings. The van der Waals surface area contributed by atoms with E-state index in [9.17, 15) is 4.79 Å². The van der Waals surface area contributed by atoms with Crippen LogP contribution in [0.15, 0.2) is 0 Å².